The van der Waals surface area contributed by atoms with E-state index in [4.69, 9.17) is 5.73 Å². The van der Waals surface area contributed by atoms with Gasteiger partial charge in [0, 0.05) is 11.4 Å². The van der Waals surface area contributed by atoms with Gasteiger partial charge >= 0.3 is 0 Å². The number of aromatic nitrogens is 3. The molecule has 18 heavy (non-hydrogen) atoms. The minimum atomic E-state index is 0.628. The summed E-state index contributed by atoms with van der Waals surface area (Å²) in [6.45, 7) is 6.00. The zero-order chi connectivity index (χ0) is 13.3. The van der Waals surface area contributed by atoms with E-state index in [-0.39, 0.29) is 0 Å². The lowest BCUT2D eigenvalue weighted by atomic mass is 10.2. The van der Waals surface area contributed by atoms with Gasteiger partial charge in [-0.05, 0) is 60.1 Å². The van der Waals surface area contributed by atoms with E-state index in [1.807, 2.05) is 26.8 Å². The van der Waals surface area contributed by atoms with Crippen LogP contribution >= 0.6 is 27.7 Å². The van der Waals surface area contributed by atoms with Gasteiger partial charge in [0.25, 0.3) is 0 Å². The van der Waals surface area contributed by atoms with Crippen LogP contribution in [0, 0.1) is 20.8 Å². The smallest absolute Gasteiger partial charge is 0.194 e. The fourth-order valence-corrected chi connectivity index (χ4v) is 2.80. The highest BCUT2D eigenvalue weighted by molar-refractivity contribution is 9.10. The fraction of sp³-hybridized carbons (Fsp3) is 0.250. The molecular weight excluding hydrogens is 312 g/mol. The molecule has 0 atom stereocenters. The van der Waals surface area contributed by atoms with E-state index in [1.165, 1.54) is 11.8 Å². The van der Waals surface area contributed by atoms with Crippen molar-refractivity contribution in [3.8, 4) is 0 Å². The van der Waals surface area contributed by atoms with Gasteiger partial charge in [-0.1, -0.05) is 0 Å². The number of nitrogens with two attached hydrogens (primary N) is 1. The first kappa shape index (κ1) is 13.3. The summed E-state index contributed by atoms with van der Waals surface area (Å²) >= 11 is 4.86. The summed E-state index contributed by atoms with van der Waals surface area (Å²) in [6.07, 6.45) is 1.63. The highest BCUT2D eigenvalue weighted by Gasteiger charge is 2.09. The third kappa shape index (κ3) is 2.81. The molecule has 0 aliphatic heterocycles. The Morgan fingerprint density at radius 1 is 1.17 bits per heavy atom. The van der Waals surface area contributed by atoms with Crippen molar-refractivity contribution in [1.29, 1.82) is 0 Å². The number of aryl methyl sites for hydroxylation is 2. The maximum Gasteiger partial charge on any atom is 0.194 e. The van der Waals surface area contributed by atoms with Crippen molar-refractivity contribution < 1.29 is 0 Å². The predicted octanol–water partition coefficient (Wildman–Crippen LogP) is 3.29. The highest BCUT2D eigenvalue weighted by atomic mass is 79.9. The Balaban J connectivity index is 2.34. The monoisotopic (exact) mass is 324 g/mol. The molecule has 2 aromatic heterocycles. The largest absolute Gasteiger partial charge is 0.397 e. The second kappa shape index (κ2) is 5.24. The molecule has 0 aromatic carbocycles. The zero-order valence-electron chi connectivity index (χ0n) is 10.4. The van der Waals surface area contributed by atoms with Gasteiger partial charge in [-0.3, -0.25) is 0 Å². The first-order valence-corrected chi connectivity index (χ1v) is 6.99. The maximum atomic E-state index is 5.66. The van der Waals surface area contributed by atoms with Crippen LogP contribution in [0.25, 0.3) is 0 Å². The Morgan fingerprint density at radius 2 is 1.78 bits per heavy atom. The Morgan fingerprint density at radius 3 is 2.33 bits per heavy atom. The molecule has 0 radical (unpaired) electrons. The van der Waals surface area contributed by atoms with Crippen LogP contribution < -0.4 is 5.73 Å². The average Bonchev–Trinajstić information content (AvgIpc) is 2.29. The normalized spacial score (nSPS) is 10.7. The number of nitrogens with zero attached hydrogens (tertiary/aromatic N) is 3. The van der Waals surface area contributed by atoms with Crippen molar-refractivity contribution in [3.05, 3.63) is 33.7 Å². The van der Waals surface area contributed by atoms with E-state index in [2.05, 4.69) is 30.9 Å². The molecule has 94 valence electrons. The number of anilines is 1. The van der Waals surface area contributed by atoms with Crippen molar-refractivity contribution in [1.82, 2.24) is 15.0 Å². The molecule has 0 saturated heterocycles. The molecule has 0 spiro atoms. The van der Waals surface area contributed by atoms with E-state index < -0.39 is 0 Å². The van der Waals surface area contributed by atoms with E-state index in [1.54, 1.807) is 6.20 Å². The molecule has 2 N–H and O–H groups in total. The summed E-state index contributed by atoms with van der Waals surface area (Å²) in [6, 6.07) is 1.82. The predicted molar refractivity (Wildman–Crippen MR) is 76.7 cm³/mol. The summed E-state index contributed by atoms with van der Waals surface area (Å²) in [5.74, 6) is 0. The van der Waals surface area contributed by atoms with Crippen LogP contribution in [0.4, 0.5) is 5.69 Å². The van der Waals surface area contributed by atoms with E-state index >= 15 is 0 Å². The van der Waals surface area contributed by atoms with Gasteiger partial charge in [-0.15, -0.1) is 0 Å². The topological polar surface area (TPSA) is 64.7 Å². The Kier molecular flexibility index (Phi) is 3.87. The van der Waals surface area contributed by atoms with Crippen LogP contribution in [0.2, 0.25) is 0 Å². The van der Waals surface area contributed by atoms with Gasteiger partial charge in [0.15, 0.2) is 5.16 Å². The molecule has 0 saturated carbocycles. The molecule has 0 amide bonds. The molecular formula is C12H13BrN4S. The maximum absolute atomic E-state index is 5.66. The number of nitrogen functional groups attached to an aromatic ring is 1. The fourth-order valence-electron chi connectivity index (χ4n) is 1.39. The lowest BCUT2D eigenvalue weighted by Gasteiger charge is -2.07. The van der Waals surface area contributed by atoms with Crippen LogP contribution in [0.5, 0.6) is 0 Å². The minimum absolute atomic E-state index is 0.628. The first-order chi connectivity index (χ1) is 8.47. The van der Waals surface area contributed by atoms with Crippen LogP contribution in [0.15, 0.2) is 26.9 Å². The summed E-state index contributed by atoms with van der Waals surface area (Å²) in [5, 5.41) is 1.51. The second-order valence-electron chi connectivity index (χ2n) is 3.96. The number of hydrogen-bond acceptors (Lipinski definition) is 5. The van der Waals surface area contributed by atoms with Gasteiger partial charge in [-0.2, -0.15) is 0 Å². The minimum Gasteiger partial charge on any atom is -0.397 e. The molecule has 4 nitrogen and oxygen atoms in total. The molecule has 0 unspecified atom stereocenters. The number of rotatable bonds is 2. The third-order valence-corrected chi connectivity index (χ3v) is 4.38. The molecule has 0 aliphatic carbocycles. The highest BCUT2D eigenvalue weighted by Crippen LogP contribution is 2.31. The first-order valence-electron chi connectivity index (χ1n) is 5.38. The summed E-state index contributed by atoms with van der Waals surface area (Å²) < 4.78 is 0.854. The summed E-state index contributed by atoms with van der Waals surface area (Å²) in [5.41, 5.74) is 9.41. The van der Waals surface area contributed by atoms with Crippen LogP contribution in [-0.2, 0) is 0 Å². The van der Waals surface area contributed by atoms with Crippen molar-refractivity contribution >= 4 is 33.4 Å². The van der Waals surface area contributed by atoms with Crippen LogP contribution in [-0.4, -0.2) is 15.0 Å². The summed E-state index contributed by atoms with van der Waals surface area (Å²) in [4.78, 5) is 13.2. The van der Waals surface area contributed by atoms with Gasteiger partial charge in [0.2, 0.25) is 0 Å². The van der Waals surface area contributed by atoms with Gasteiger partial charge in [-0.25, -0.2) is 15.0 Å². The SMILES string of the molecule is Cc1nc(Sc2ncc(N)cc2Br)nc(C)c1C. The Bertz CT molecular complexity index is 578. The van der Waals surface area contributed by atoms with E-state index in [9.17, 15) is 0 Å². The molecule has 2 rings (SSSR count). The van der Waals surface area contributed by atoms with Crippen molar-refractivity contribution in [3.63, 3.8) is 0 Å². The van der Waals surface area contributed by atoms with Gasteiger partial charge in [0.05, 0.1) is 16.4 Å². The molecule has 2 heterocycles. The van der Waals surface area contributed by atoms with E-state index in [0.717, 1.165) is 26.4 Å². The molecule has 2 aromatic rings. The van der Waals surface area contributed by atoms with Crippen LogP contribution in [0.3, 0.4) is 0 Å². The molecule has 0 aliphatic rings. The second-order valence-corrected chi connectivity index (χ2v) is 5.77. The Labute approximate surface area is 119 Å². The number of pyridine rings is 1. The lowest BCUT2D eigenvalue weighted by Crippen LogP contribution is -1.98. The van der Waals surface area contributed by atoms with Crippen molar-refractivity contribution in [2.45, 2.75) is 31.0 Å². The number of hydrogen-bond donors (Lipinski definition) is 1. The Hall–Kier alpha value is -1.14. The average molecular weight is 325 g/mol. The molecule has 0 bridgehead atoms. The van der Waals surface area contributed by atoms with Crippen molar-refractivity contribution in [2.75, 3.05) is 5.73 Å². The standard InChI is InChI=1S/C12H13BrN4S/c1-6-7(2)16-12(17-8(6)3)18-11-10(13)4-9(14)5-15-11/h4-5H,14H2,1-3H3. The molecule has 6 heteroatoms. The quantitative estimate of drug-likeness (QED) is 0.858. The van der Waals surface area contributed by atoms with E-state index in [0.29, 0.717) is 10.8 Å². The van der Waals surface area contributed by atoms with Crippen LogP contribution in [0.1, 0.15) is 17.0 Å². The summed E-state index contributed by atoms with van der Waals surface area (Å²) in [7, 11) is 0. The third-order valence-electron chi connectivity index (χ3n) is 2.63. The van der Waals surface area contributed by atoms with Crippen molar-refractivity contribution in [2.24, 2.45) is 0 Å². The molecule has 0 fully saturated rings. The van der Waals surface area contributed by atoms with Gasteiger partial charge < -0.3 is 5.73 Å². The zero-order valence-corrected chi connectivity index (χ0v) is 12.8. The van der Waals surface area contributed by atoms with Gasteiger partial charge in [0.1, 0.15) is 5.03 Å². The lowest BCUT2D eigenvalue weighted by molar-refractivity contribution is 0.878. The number of halogens is 1.